The van der Waals surface area contributed by atoms with Crippen molar-refractivity contribution in [2.24, 2.45) is 0 Å². The monoisotopic (exact) mass is 730 g/mol. The quantitative estimate of drug-likeness (QED) is 0.221. The standard InChI is InChI=1S/C38H40Cl2N6O5/c1-24(2)46(37(49)41-20-26-14-17-31(39)32(40)18-26)44-23-35(47)45-33(19-25-12-15-29(16-13-25)51-38(50)42(3)4)36(48)43(22-34(44)45)21-28-10-7-9-27-8-5-6-11-30(27)28/h5-18,24,33-34H,19-23H2,1-4H3,(H,41,49)/t33-,34+/m0/s1. The summed E-state index contributed by atoms with van der Waals surface area (Å²) in [5.74, 6) is -0.0638. The number of urea groups is 1. The van der Waals surface area contributed by atoms with Crippen LogP contribution in [0.3, 0.4) is 0 Å². The van der Waals surface area contributed by atoms with E-state index in [1.54, 1.807) is 76.4 Å². The highest BCUT2D eigenvalue weighted by Gasteiger charge is 2.52. The lowest BCUT2D eigenvalue weighted by Gasteiger charge is -2.47. The van der Waals surface area contributed by atoms with Crippen LogP contribution in [-0.2, 0) is 29.1 Å². The lowest BCUT2D eigenvalue weighted by Crippen LogP contribution is -2.66. The molecule has 2 fully saturated rings. The Kier molecular flexibility index (Phi) is 10.7. The molecule has 5 amide bonds. The van der Waals surface area contributed by atoms with E-state index in [1.807, 2.05) is 56.3 Å². The fraction of sp³-hybridized carbons (Fsp3) is 0.316. The largest absolute Gasteiger partial charge is 0.414 e. The molecule has 51 heavy (non-hydrogen) atoms. The van der Waals surface area contributed by atoms with Crippen molar-refractivity contribution in [1.29, 1.82) is 0 Å². The van der Waals surface area contributed by atoms with Crippen LogP contribution in [0.4, 0.5) is 9.59 Å². The number of carbonyl (C=O) groups is 4. The number of nitrogens with one attached hydrogen (secondary N) is 1. The van der Waals surface area contributed by atoms with E-state index in [0.717, 1.165) is 27.5 Å². The fourth-order valence-electron chi connectivity index (χ4n) is 6.66. The zero-order chi connectivity index (χ0) is 36.4. The van der Waals surface area contributed by atoms with Gasteiger partial charge in [0.15, 0.2) is 0 Å². The molecule has 0 radical (unpaired) electrons. The molecule has 0 spiro atoms. The Bertz CT molecular complexity index is 1950. The first kappa shape index (κ1) is 36.0. The SMILES string of the molecule is CC(C)N(C(=O)NCc1ccc(Cl)c(Cl)c1)N1CC(=O)N2[C@@H](Cc3ccc(OC(=O)N(C)C)cc3)C(=O)N(Cc3cccc4ccccc34)C[C@@H]21. The zero-order valence-corrected chi connectivity index (χ0v) is 30.4. The van der Waals surface area contributed by atoms with Crippen LogP contribution in [0.1, 0.15) is 30.5 Å². The summed E-state index contributed by atoms with van der Waals surface area (Å²) in [5.41, 5.74) is 2.54. The number of hydrogen-bond donors (Lipinski definition) is 1. The summed E-state index contributed by atoms with van der Waals surface area (Å²) in [4.78, 5) is 59.0. The molecule has 0 unspecified atom stereocenters. The number of benzene rings is 4. The molecule has 6 rings (SSSR count). The Balaban J connectivity index is 1.30. The molecule has 4 aromatic carbocycles. The smallest absolute Gasteiger partial charge is 0.410 e. The molecule has 0 aromatic heterocycles. The van der Waals surface area contributed by atoms with Gasteiger partial charge in [-0.3, -0.25) is 14.6 Å². The summed E-state index contributed by atoms with van der Waals surface area (Å²) in [6, 6.07) is 24.6. The Labute approximate surface area is 307 Å². The molecule has 13 heteroatoms. The van der Waals surface area contributed by atoms with Crippen LogP contribution in [0.25, 0.3) is 10.8 Å². The highest BCUT2D eigenvalue weighted by Crippen LogP contribution is 2.32. The molecule has 2 aliphatic rings. The summed E-state index contributed by atoms with van der Waals surface area (Å²) in [7, 11) is 3.20. The fourth-order valence-corrected chi connectivity index (χ4v) is 6.99. The minimum absolute atomic E-state index is 0.0750. The third-order valence-corrected chi connectivity index (χ3v) is 9.87. The van der Waals surface area contributed by atoms with Gasteiger partial charge in [0.2, 0.25) is 11.8 Å². The molecule has 2 aliphatic heterocycles. The number of fused-ring (bicyclic) bond motifs is 2. The Hall–Kier alpha value is -4.84. The van der Waals surface area contributed by atoms with Crippen molar-refractivity contribution in [2.45, 2.75) is 51.6 Å². The van der Waals surface area contributed by atoms with E-state index < -0.39 is 18.3 Å². The third kappa shape index (κ3) is 7.75. The van der Waals surface area contributed by atoms with Gasteiger partial charge in [-0.2, -0.15) is 5.01 Å². The molecule has 0 aliphatic carbocycles. The minimum Gasteiger partial charge on any atom is -0.410 e. The number of rotatable bonds is 9. The van der Waals surface area contributed by atoms with E-state index in [4.69, 9.17) is 27.9 Å². The Morgan fingerprint density at radius 2 is 1.63 bits per heavy atom. The average Bonchev–Trinajstić information content (AvgIpc) is 3.42. The molecule has 4 aromatic rings. The predicted octanol–water partition coefficient (Wildman–Crippen LogP) is 6.17. The van der Waals surface area contributed by atoms with E-state index in [1.165, 1.54) is 4.90 Å². The molecule has 2 atom stereocenters. The number of amides is 5. The van der Waals surface area contributed by atoms with Crippen LogP contribution >= 0.6 is 23.2 Å². The maximum atomic E-state index is 14.4. The number of carbonyl (C=O) groups excluding carboxylic acids is 4. The van der Waals surface area contributed by atoms with Crippen LogP contribution in [0.2, 0.25) is 10.0 Å². The minimum atomic E-state index is -0.834. The number of hydrogen-bond acceptors (Lipinski definition) is 6. The van der Waals surface area contributed by atoms with Crippen LogP contribution in [0.15, 0.2) is 84.9 Å². The van der Waals surface area contributed by atoms with Crippen molar-refractivity contribution in [2.75, 3.05) is 27.2 Å². The summed E-state index contributed by atoms with van der Waals surface area (Å²) in [6.45, 7) is 4.42. The first-order chi connectivity index (χ1) is 24.4. The van der Waals surface area contributed by atoms with Crippen LogP contribution in [-0.4, -0.2) is 94.1 Å². The third-order valence-electron chi connectivity index (χ3n) is 9.13. The lowest BCUT2D eigenvalue weighted by molar-refractivity contribution is -0.158. The zero-order valence-electron chi connectivity index (χ0n) is 28.9. The topological polar surface area (TPSA) is 106 Å². The van der Waals surface area contributed by atoms with Crippen molar-refractivity contribution in [3.63, 3.8) is 0 Å². The number of halogens is 2. The van der Waals surface area contributed by atoms with Crippen LogP contribution < -0.4 is 10.1 Å². The Morgan fingerprint density at radius 1 is 0.922 bits per heavy atom. The highest BCUT2D eigenvalue weighted by molar-refractivity contribution is 6.42. The van der Waals surface area contributed by atoms with Gasteiger partial charge in [-0.25, -0.2) is 9.59 Å². The Morgan fingerprint density at radius 3 is 2.33 bits per heavy atom. The molecule has 266 valence electrons. The second-order valence-electron chi connectivity index (χ2n) is 13.2. The van der Waals surface area contributed by atoms with Gasteiger partial charge < -0.3 is 24.8 Å². The summed E-state index contributed by atoms with van der Waals surface area (Å²) >= 11 is 12.3. The lowest BCUT2D eigenvalue weighted by atomic mass is 9.99. The van der Waals surface area contributed by atoms with E-state index >= 15 is 0 Å². The molecular formula is C38H40Cl2N6O5. The molecule has 0 saturated carbocycles. The van der Waals surface area contributed by atoms with Crippen molar-refractivity contribution < 1.29 is 23.9 Å². The van der Waals surface area contributed by atoms with Gasteiger partial charge in [0.25, 0.3) is 0 Å². The second kappa shape index (κ2) is 15.2. The van der Waals surface area contributed by atoms with E-state index in [0.29, 0.717) is 22.3 Å². The maximum absolute atomic E-state index is 14.4. The van der Waals surface area contributed by atoms with E-state index in [-0.39, 0.29) is 49.9 Å². The van der Waals surface area contributed by atoms with Gasteiger partial charge in [-0.1, -0.05) is 83.9 Å². The summed E-state index contributed by atoms with van der Waals surface area (Å²) in [5, 5.41) is 9.22. The van der Waals surface area contributed by atoms with Gasteiger partial charge in [-0.15, -0.1) is 0 Å². The van der Waals surface area contributed by atoms with Crippen molar-refractivity contribution in [3.8, 4) is 5.75 Å². The molecule has 1 N–H and O–H groups in total. The number of ether oxygens (including phenoxy) is 1. The molecule has 2 saturated heterocycles. The summed E-state index contributed by atoms with van der Waals surface area (Å²) in [6.07, 6.45) is -0.877. The van der Waals surface area contributed by atoms with Gasteiger partial charge in [0, 0.05) is 39.6 Å². The first-order valence-corrected chi connectivity index (χ1v) is 17.5. The van der Waals surface area contributed by atoms with E-state index in [2.05, 4.69) is 5.32 Å². The van der Waals surface area contributed by atoms with Gasteiger partial charge in [0.1, 0.15) is 18.0 Å². The second-order valence-corrected chi connectivity index (χ2v) is 14.0. The van der Waals surface area contributed by atoms with Gasteiger partial charge in [-0.05, 0) is 65.6 Å². The van der Waals surface area contributed by atoms with Crippen LogP contribution in [0, 0.1) is 0 Å². The average molecular weight is 732 g/mol. The molecular weight excluding hydrogens is 691 g/mol. The molecule has 11 nitrogen and oxygen atoms in total. The molecule has 2 heterocycles. The maximum Gasteiger partial charge on any atom is 0.414 e. The molecule has 0 bridgehead atoms. The van der Waals surface area contributed by atoms with Gasteiger partial charge >= 0.3 is 12.1 Å². The van der Waals surface area contributed by atoms with E-state index in [9.17, 15) is 19.2 Å². The van der Waals surface area contributed by atoms with Crippen molar-refractivity contribution in [1.82, 2.24) is 30.0 Å². The predicted molar refractivity (Wildman–Crippen MR) is 196 cm³/mol. The highest BCUT2D eigenvalue weighted by atomic mass is 35.5. The van der Waals surface area contributed by atoms with Crippen molar-refractivity contribution in [3.05, 3.63) is 112 Å². The normalized spacial score (nSPS) is 17.5. The van der Waals surface area contributed by atoms with Crippen LogP contribution in [0.5, 0.6) is 5.75 Å². The van der Waals surface area contributed by atoms with Crippen molar-refractivity contribution >= 4 is 57.9 Å². The summed E-state index contributed by atoms with van der Waals surface area (Å²) < 4.78 is 5.38. The number of hydrazine groups is 1. The first-order valence-electron chi connectivity index (χ1n) is 16.7. The van der Waals surface area contributed by atoms with Gasteiger partial charge in [0.05, 0.1) is 23.1 Å². The number of nitrogens with zero attached hydrogens (tertiary/aromatic N) is 5. The number of piperazine rings is 1.